The Morgan fingerprint density at radius 2 is 2.25 bits per heavy atom. The minimum absolute atomic E-state index is 0.0811. The molecule has 2 N–H and O–H groups in total. The maximum absolute atomic E-state index is 11.0. The summed E-state index contributed by atoms with van der Waals surface area (Å²) in [5, 5.41) is 11.0. The molecule has 1 aliphatic heterocycles. The van der Waals surface area contributed by atoms with Crippen LogP contribution in [0, 0.1) is 0 Å². The second-order valence-electron chi connectivity index (χ2n) is 5.05. The Kier molecular flexibility index (Phi) is 7.18. The Morgan fingerprint density at radius 1 is 1.45 bits per heavy atom. The lowest BCUT2D eigenvalue weighted by Gasteiger charge is -2.32. The lowest BCUT2D eigenvalue weighted by Crippen LogP contribution is -2.55. The Hall–Kier alpha value is -1.46. The Labute approximate surface area is 121 Å². The topological polar surface area (TPSA) is 78.5 Å². The van der Waals surface area contributed by atoms with E-state index >= 15 is 0 Å². The second-order valence-corrected chi connectivity index (χ2v) is 5.05. The molecule has 1 heterocycles. The molecule has 1 aliphatic rings. The normalized spacial score (nSPS) is 21.6. The Bertz CT molecular complexity index is 402. The maximum Gasteiger partial charge on any atom is 0.207 e. The predicted octanol–water partition coefficient (Wildman–Crippen LogP) is 0.922. The number of carboxylic acids is 1. The first-order valence-electron chi connectivity index (χ1n) is 7.31. The third kappa shape index (κ3) is 4.90. The van der Waals surface area contributed by atoms with Gasteiger partial charge in [-0.1, -0.05) is 19.1 Å². The van der Waals surface area contributed by atoms with Gasteiger partial charge in [-0.05, 0) is 25.7 Å². The number of nitrogens with two attached hydrogens (primary N) is 1. The highest BCUT2D eigenvalue weighted by molar-refractivity contribution is 5.80. The van der Waals surface area contributed by atoms with Crippen LogP contribution in [-0.4, -0.2) is 35.9 Å². The van der Waals surface area contributed by atoms with Crippen LogP contribution in [0.25, 0.3) is 0 Å². The van der Waals surface area contributed by atoms with Crippen LogP contribution in [0.5, 0.6) is 0 Å². The highest BCUT2D eigenvalue weighted by Crippen LogP contribution is 2.20. The third-order valence-electron chi connectivity index (χ3n) is 3.45. The summed E-state index contributed by atoms with van der Waals surface area (Å²) >= 11 is 0. The van der Waals surface area contributed by atoms with E-state index in [1.165, 1.54) is 0 Å². The average Bonchev–Trinajstić information content (AvgIpc) is 2.76. The van der Waals surface area contributed by atoms with Crippen LogP contribution in [0.15, 0.2) is 29.5 Å². The van der Waals surface area contributed by atoms with Gasteiger partial charge < -0.3 is 15.6 Å². The van der Waals surface area contributed by atoms with Crippen LogP contribution in [0.1, 0.15) is 39.0 Å². The number of aliphatic imine (C=N–C) groups is 1. The molecule has 0 bridgehead atoms. The molecular formula is C15H25N3O2. The molecule has 0 aromatic rings. The van der Waals surface area contributed by atoms with Gasteiger partial charge in [0, 0.05) is 13.0 Å². The molecule has 0 fully saturated rings. The van der Waals surface area contributed by atoms with Crippen LogP contribution in [0.4, 0.5) is 0 Å². The first-order chi connectivity index (χ1) is 9.64. The van der Waals surface area contributed by atoms with E-state index in [2.05, 4.69) is 24.1 Å². The van der Waals surface area contributed by atoms with Gasteiger partial charge in [0.15, 0.2) is 0 Å². The fraction of sp³-hybridized carbons (Fsp3) is 0.600. The summed E-state index contributed by atoms with van der Waals surface area (Å²) in [5.74, 6) is -0.178. The van der Waals surface area contributed by atoms with Crippen LogP contribution in [0.2, 0.25) is 0 Å². The highest BCUT2D eigenvalue weighted by atomic mass is 16.4. The highest BCUT2D eigenvalue weighted by Gasteiger charge is 2.34. The van der Waals surface area contributed by atoms with E-state index in [1.807, 2.05) is 6.20 Å². The number of nitrogens with zero attached hydrogens (tertiary/aromatic N) is 2. The first-order valence-corrected chi connectivity index (χ1v) is 7.31. The lowest BCUT2D eigenvalue weighted by molar-refractivity contribution is -0.780. The fourth-order valence-electron chi connectivity index (χ4n) is 2.45. The molecule has 0 aromatic carbocycles. The maximum atomic E-state index is 11.0. The summed E-state index contributed by atoms with van der Waals surface area (Å²) in [6.45, 7) is 3.02. The number of hydrogen-bond donors (Lipinski definition) is 1. The van der Waals surface area contributed by atoms with Gasteiger partial charge in [0.2, 0.25) is 5.84 Å². The number of carboxylic acid groups (broad SMARTS) is 1. The molecule has 0 aliphatic carbocycles. The monoisotopic (exact) mass is 279 g/mol. The summed E-state index contributed by atoms with van der Waals surface area (Å²) < 4.78 is 0.226. The largest absolute Gasteiger partial charge is 0.544 e. The van der Waals surface area contributed by atoms with E-state index in [0.717, 1.165) is 37.9 Å². The van der Waals surface area contributed by atoms with Crippen LogP contribution >= 0.6 is 0 Å². The van der Waals surface area contributed by atoms with Crippen molar-refractivity contribution in [2.24, 2.45) is 10.7 Å². The number of carbonyl (C=O) groups excluding carboxylic acids is 1. The van der Waals surface area contributed by atoms with Crippen LogP contribution in [-0.2, 0) is 4.79 Å². The zero-order valence-electron chi connectivity index (χ0n) is 12.3. The molecule has 0 amide bonds. The fourth-order valence-corrected chi connectivity index (χ4v) is 2.45. The van der Waals surface area contributed by atoms with Gasteiger partial charge in [-0.2, -0.15) is 0 Å². The van der Waals surface area contributed by atoms with Gasteiger partial charge in [-0.25, -0.2) is 9.48 Å². The smallest absolute Gasteiger partial charge is 0.207 e. The van der Waals surface area contributed by atoms with Gasteiger partial charge in [0.25, 0.3) is 0 Å². The quantitative estimate of drug-likeness (QED) is 0.367. The van der Waals surface area contributed by atoms with Crippen molar-refractivity contribution < 1.29 is 14.4 Å². The van der Waals surface area contributed by atoms with Gasteiger partial charge in [0.05, 0.1) is 12.2 Å². The molecule has 5 heteroatoms. The average molecular weight is 279 g/mol. The van der Waals surface area contributed by atoms with E-state index in [4.69, 9.17) is 5.73 Å². The predicted molar refractivity (Wildman–Crippen MR) is 78.5 cm³/mol. The molecule has 0 saturated carbocycles. The van der Waals surface area contributed by atoms with Crippen molar-refractivity contribution in [2.75, 3.05) is 19.6 Å². The van der Waals surface area contributed by atoms with Gasteiger partial charge in [0.1, 0.15) is 19.3 Å². The zero-order valence-corrected chi connectivity index (χ0v) is 12.3. The minimum Gasteiger partial charge on any atom is -0.544 e. The molecule has 1 unspecified atom stereocenters. The lowest BCUT2D eigenvalue weighted by atomic mass is 10.1. The van der Waals surface area contributed by atoms with Crippen molar-refractivity contribution in [3.8, 4) is 0 Å². The second kappa shape index (κ2) is 8.66. The molecule has 0 saturated heterocycles. The Morgan fingerprint density at radius 3 is 2.90 bits per heavy atom. The van der Waals surface area contributed by atoms with Gasteiger partial charge >= 0.3 is 0 Å². The van der Waals surface area contributed by atoms with Crippen LogP contribution in [0.3, 0.4) is 0 Å². The van der Waals surface area contributed by atoms with Crippen molar-refractivity contribution in [2.45, 2.75) is 39.0 Å². The van der Waals surface area contributed by atoms with Gasteiger partial charge in [-0.3, -0.25) is 0 Å². The van der Waals surface area contributed by atoms with Crippen molar-refractivity contribution in [1.29, 1.82) is 0 Å². The molecule has 112 valence electrons. The SMILES string of the molecule is CC/C=C/CCCCC1=NC=C[N+]1(CCN)CC(=O)[O-]. The van der Waals surface area contributed by atoms with Crippen molar-refractivity contribution in [3.63, 3.8) is 0 Å². The number of aliphatic carboxylic acids is 1. The summed E-state index contributed by atoms with van der Waals surface area (Å²) in [4.78, 5) is 15.3. The summed E-state index contributed by atoms with van der Waals surface area (Å²) in [6, 6.07) is 0. The number of quaternary nitrogens is 1. The van der Waals surface area contributed by atoms with Crippen LogP contribution < -0.4 is 10.8 Å². The van der Waals surface area contributed by atoms with E-state index in [9.17, 15) is 9.90 Å². The molecule has 0 radical (unpaired) electrons. The summed E-state index contributed by atoms with van der Waals surface area (Å²) in [6.07, 6.45) is 12.9. The Balaban J connectivity index is 2.50. The first kappa shape index (κ1) is 16.6. The molecular weight excluding hydrogens is 254 g/mol. The number of unbranched alkanes of at least 4 members (excludes halogenated alkanes) is 2. The van der Waals surface area contributed by atoms with E-state index in [0.29, 0.717) is 13.1 Å². The molecule has 0 aromatic heterocycles. The number of rotatable bonds is 10. The number of allylic oxidation sites excluding steroid dienone is 2. The van der Waals surface area contributed by atoms with Gasteiger partial charge in [-0.15, -0.1) is 0 Å². The van der Waals surface area contributed by atoms with Crippen molar-refractivity contribution in [3.05, 3.63) is 24.6 Å². The molecule has 1 rings (SSSR count). The van der Waals surface area contributed by atoms with E-state index < -0.39 is 5.97 Å². The summed E-state index contributed by atoms with van der Waals surface area (Å²) in [7, 11) is 0. The standard InChI is InChI=1S/C15H25N3O2/c1-2-3-4-5-6-7-8-14-17-10-12-18(14,11-9-16)13-15(19)20/h3-4,10,12H,2,5-9,11,13,16H2,1H3/b4-3+. The van der Waals surface area contributed by atoms with Crippen molar-refractivity contribution >= 4 is 11.8 Å². The molecule has 20 heavy (non-hydrogen) atoms. The minimum atomic E-state index is -1.07. The van der Waals surface area contributed by atoms with E-state index in [1.54, 1.807) is 6.20 Å². The molecule has 5 nitrogen and oxygen atoms in total. The summed E-state index contributed by atoms with van der Waals surface area (Å²) in [5.41, 5.74) is 5.61. The molecule has 1 atom stereocenters. The zero-order chi connectivity index (χ0) is 14.8. The number of hydrogen-bond acceptors (Lipinski definition) is 4. The number of carbonyl (C=O) groups is 1. The van der Waals surface area contributed by atoms with E-state index in [-0.39, 0.29) is 11.0 Å². The number of amidine groups is 1. The van der Waals surface area contributed by atoms with Crippen molar-refractivity contribution in [1.82, 2.24) is 0 Å². The third-order valence-corrected chi connectivity index (χ3v) is 3.45. The molecule has 0 spiro atoms.